The van der Waals surface area contributed by atoms with Crippen LogP contribution in [0, 0.1) is 17.0 Å². The van der Waals surface area contributed by atoms with Gasteiger partial charge in [0.15, 0.2) is 5.82 Å². The number of hydrogen-bond donors (Lipinski definition) is 1. The minimum Gasteiger partial charge on any atom is -0.445 e. The Kier molecular flexibility index (Phi) is 9.33. The second kappa shape index (κ2) is 12.2. The summed E-state index contributed by atoms with van der Waals surface area (Å²) < 4.78 is 4.71. The number of nitro groups is 1. The molecule has 0 bridgehead atoms. The lowest BCUT2D eigenvalue weighted by molar-refractivity contribution is -0.392. The van der Waals surface area contributed by atoms with Gasteiger partial charge < -0.3 is 20.2 Å². The third kappa shape index (κ3) is 7.83. The molecular formula is C23H24Cl3N5O4. The molecule has 0 fully saturated rings. The van der Waals surface area contributed by atoms with Gasteiger partial charge in [0, 0.05) is 20.0 Å². The second-order valence-electron chi connectivity index (χ2n) is 7.67. The summed E-state index contributed by atoms with van der Waals surface area (Å²) in [5, 5.41) is 13.8. The molecule has 1 heterocycles. The summed E-state index contributed by atoms with van der Waals surface area (Å²) >= 11 is 18.9. The third-order valence-electron chi connectivity index (χ3n) is 5.16. The number of aromatic nitrogens is 2. The van der Waals surface area contributed by atoms with Crippen LogP contribution in [-0.2, 0) is 24.4 Å². The number of nitrogens with one attached hydrogen (secondary N) is 1. The van der Waals surface area contributed by atoms with Gasteiger partial charge in [-0.05, 0) is 16.1 Å². The number of ether oxygens (including phenoxy) is 1. The molecule has 1 N–H and O–H groups in total. The largest absolute Gasteiger partial charge is 0.445 e. The molecule has 35 heavy (non-hydrogen) atoms. The second-order valence-corrected chi connectivity index (χ2v) is 10.0. The molecule has 3 aromatic rings. The zero-order chi connectivity index (χ0) is 25.4. The van der Waals surface area contributed by atoms with Crippen LogP contribution in [-0.4, -0.2) is 42.0 Å². The van der Waals surface area contributed by atoms with Crippen molar-refractivity contribution < 1.29 is 14.5 Å². The number of carbonyl (C=O) groups excluding carboxylic acids is 1. The molecule has 2 aromatic carbocycles. The summed E-state index contributed by atoms with van der Waals surface area (Å²) in [4.78, 5) is 29.0. The number of alkyl halides is 3. The summed E-state index contributed by atoms with van der Waals surface area (Å²) in [5.74, 6) is 0.236. The van der Waals surface area contributed by atoms with Gasteiger partial charge >= 0.3 is 11.9 Å². The lowest BCUT2D eigenvalue weighted by atomic mass is 10.1. The SMILES string of the molecule is Cc1ncc([N+](=O)[O-])n1CCOC(=O)NC(N(Cc1ccccc1)Cc1ccccc1)C(Cl)(Cl)Cl. The molecule has 1 atom stereocenters. The van der Waals surface area contributed by atoms with Crippen molar-refractivity contribution in [3.63, 3.8) is 0 Å². The molecule has 9 nitrogen and oxygen atoms in total. The van der Waals surface area contributed by atoms with E-state index in [4.69, 9.17) is 39.5 Å². The smallest absolute Gasteiger partial charge is 0.408 e. The molecule has 0 aliphatic heterocycles. The molecule has 1 amide bonds. The maximum Gasteiger partial charge on any atom is 0.408 e. The van der Waals surface area contributed by atoms with E-state index in [1.165, 1.54) is 4.57 Å². The first-order chi connectivity index (χ1) is 16.6. The zero-order valence-corrected chi connectivity index (χ0v) is 21.1. The maximum absolute atomic E-state index is 12.6. The number of imidazole rings is 1. The highest BCUT2D eigenvalue weighted by Crippen LogP contribution is 2.34. The summed E-state index contributed by atoms with van der Waals surface area (Å²) in [6.45, 7) is 2.29. The topological polar surface area (TPSA) is 103 Å². The Morgan fingerprint density at radius 3 is 2.14 bits per heavy atom. The van der Waals surface area contributed by atoms with Crippen molar-refractivity contribution >= 4 is 46.7 Å². The number of hydrogen-bond acceptors (Lipinski definition) is 6. The van der Waals surface area contributed by atoms with Gasteiger partial charge in [-0.25, -0.2) is 14.3 Å². The number of carbonyl (C=O) groups is 1. The molecule has 0 radical (unpaired) electrons. The first kappa shape index (κ1) is 26.7. The molecule has 0 aliphatic carbocycles. The van der Waals surface area contributed by atoms with Crippen molar-refractivity contribution in [2.45, 2.75) is 36.5 Å². The average molecular weight is 541 g/mol. The van der Waals surface area contributed by atoms with Gasteiger partial charge in [-0.15, -0.1) is 0 Å². The Morgan fingerprint density at radius 1 is 1.11 bits per heavy atom. The highest BCUT2D eigenvalue weighted by atomic mass is 35.6. The lowest BCUT2D eigenvalue weighted by Crippen LogP contribution is -2.55. The monoisotopic (exact) mass is 539 g/mol. The minimum atomic E-state index is -1.89. The first-order valence-electron chi connectivity index (χ1n) is 10.6. The quantitative estimate of drug-likeness (QED) is 0.164. The predicted molar refractivity (Wildman–Crippen MR) is 134 cm³/mol. The van der Waals surface area contributed by atoms with Gasteiger partial charge in [0.2, 0.25) is 3.79 Å². The summed E-state index contributed by atoms with van der Waals surface area (Å²) in [5.41, 5.74) is 1.92. The fraction of sp³-hybridized carbons (Fsp3) is 0.304. The van der Waals surface area contributed by atoms with Crippen molar-refractivity contribution in [1.82, 2.24) is 19.8 Å². The lowest BCUT2D eigenvalue weighted by Gasteiger charge is -2.36. The molecule has 0 aliphatic rings. The average Bonchev–Trinajstić information content (AvgIpc) is 3.18. The van der Waals surface area contributed by atoms with Crippen LogP contribution in [0.3, 0.4) is 0 Å². The van der Waals surface area contributed by atoms with E-state index < -0.39 is 21.0 Å². The van der Waals surface area contributed by atoms with E-state index in [-0.39, 0.29) is 19.0 Å². The Bertz CT molecular complexity index is 1080. The van der Waals surface area contributed by atoms with E-state index in [2.05, 4.69) is 10.3 Å². The number of halogens is 3. The first-order valence-corrected chi connectivity index (χ1v) is 11.8. The Hall–Kier alpha value is -2.85. The van der Waals surface area contributed by atoms with Gasteiger partial charge in [-0.3, -0.25) is 4.90 Å². The van der Waals surface area contributed by atoms with Crippen LogP contribution in [0.5, 0.6) is 0 Å². The van der Waals surface area contributed by atoms with Gasteiger partial charge in [-0.1, -0.05) is 95.5 Å². The predicted octanol–water partition coefficient (Wildman–Crippen LogP) is 5.22. The third-order valence-corrected chi connectivity index (χ3v) is 5.78. The maximum atomic E-state index is 12.6. The fourth-order valence-electron chi connectivity index (χ4n) is 3.52. The van der Waals surface area contributed by atoms with E-state index >= 15 is 0 Å². The van der Waals surface area contributed by atoms with Gasteiger partial charge in [-0.2, -0.15) is 0 Å². The van der Waals surface area contributed by atoms with Gasteiger partial charge in [0.25, 0.3) is 0 Å². The van der Waals surface area contributed by atoms with Crippen molar-refractivity contribution in [2.75, 3.05) is 6.61 Å². The van der Waals surface area contributed by atoms with E-state index in [9.17, 15) is 14.9 Å². The highest BCUT2D eigenvalue weighted by Gasteiger charge is 2.39. The van der Waals surface area contributed by atoms with Crippen LogP contribution < -0.4 is 5.32 Å². The summed E-state index contributed by atoms with van der Waals surface area (Å²) in [6, 6.07) is 19.2. The molecule has 1 aromatic heterocycles. The Balaban J connectivity index is 1.72. The molecule has 186 valence electrons. The van der Waals surface area contributed by atoms with E-state index in [0.29, 0.717) is 18.9 Å². The van der Waals surface area contributed by atoms with Crippen LogP contribution in [0.15, 0.2) is 66.9 Å². The molecule has 3 rings (SSSR count). The highest BCUT2D eigenvalue weighted by molar-refractivity contribution is 6.68. The molecule has 0 saturated heterocycles. The zero-order valence-electron chi connectivity index (χ0n) is 18.8. The number of benzene rings is 2. The van der Waals surface area contributed by atoms with Crippen LogP contribution in [0.1, 0.15) is 17.0 Å². The van der Waals surface area contributed by atoms with Crippen LogP contribution in [0.25, 0.3) is 0 Å². The van der Waals surface area contributed by atoms with E-state index in [1.54, 1.807) is 6.92 Å². The minimum absolute atomic E-state index is 0.0474. The van der Waals surface area contributed by atoms with Crippen molar-refractivity contribution in [3.05, 3.63) is 93.9 Å². The normalized spacial score (nSPS) is 12.4. The van der Waals surface area contributed by atoms with Gasteiger partial charge in [0.1, 0.15) is 25.5 Å². The standard InChI is InChI=1S/C23H24Cl3N5O4/c1-17-27-14-20(31(33)34)30(17)12-13-35-22(32)28-21(23(24,25)26)29(15-18-8-4-2-5-9-18)16-19-10-6-3-7-11-19/h2-11,14,21H,12-13,15-16H2,1H3,(H,28,32). The number of alkyl carbamates (subject to hydrolysis) is 1. The summed E-state index contributed by atoms with van der Waals surface area (Å²) in [7, 11) is 0. The Morgan fingerprint density at radius 2 is 1.66 bits per heavy atom. The van der Waals surface area contributed by atoms with Crippen molar-refractivity contribution in [2.24, 2.45) is 0 Å². The number of amides is 1. The summed E-state index contributed by atoms with van der Waals surface area (Å²) in [6.07, 6.45) is -0.711. The molecular weight excluding hydrogens is 517 g/mol. The number of nitrogens with zero attached hydrogens (tertiary/aromatic N) is 4. The van der Waals surface area contributed by atoms with Crippen molar-refractivity contribution in [1.29, 1.82) is 0 Å². The Labute approximate surface area is 217 Å². The molecule has 0 saturated carbocycles. The van der Waals surface area contributed by atoms with Crippen LogP contribution >= 0.6 is 34.8 Å². The van der Waals surface area contributed by atoms with E-state index in [0.717, 1.165) is 17.3 Å². The number of aryl methyl sites for hydroxylation is 1. The van der Waals surface area contributed by atoms with Crippen LogP contribution in [0.4, 0.5) is 10.6 Å². The number of rotatable bonds is 10. The van der Waals surface area contributed by atoms with Crippen LogP contribution in [0.2, 0.25) is 0 Å². The van der Waals surface area contributed by atoms with Gasteiger partial charge in [0.05, 0.1) is 0 Å². The molecule has 1 unspecified atom stereocenters. The molecule has 12 heteroatoms. The van der Waals surface area contributed by atoms with E-state index in [1.807, 2.05) is 65.6 Å². The molecule has 0 spiro atoms. The van der Waals surface area contributed by atoms with Crippen molar-refractivity contribution in [3.8, 4) is 0 Å². The fourth-order valence-corrected chi connectivity index (χ4v) is 4.09.